The van der Waals surface area contributed by atoms with E-state index >= 15 is 0 Å². The smallest absolute Gasteiger partial charge is 0.265 e. The molecular weight excluding hydrogens is 236 g/mol. The monoisotopic (exact) mass is 250 g/mol. The Morgan fingerprint density at radius 3 is 2.67 bits per heavy atom. The Balaban J connectivity index is 2.19. The number of aromatic hydroxyl groups is 2. The van der Waals surface area contributed by atoms with Gasteiger partial charge in [0.05, 0.1) is 0 Å². The normalized spacial score (nSPS) is 10.7. The van der Waals surface area contributed by atoms with Crippen LogP contribution in [-0.2, 0) is 11.2 Å². The van der Waals surface area contributed by atoms with Crippen molar-refractivity contribution in [1.82, 2.24) is 10.1 Å². The Morgan fingerprint density at radius 2 is 2.00 bits per heavy atom. The van der Waals surface area contributed by atoms with Crippen LogP contribution < -0.4 is 0 Å². The molecule has 0 saturated heterocycles. The standard InChI is InChI=1S/C12H14N2O4/c1-17-7-3-6-10-13-12(18-14-10)11-8(15)4-2-5-9(11)16/h2,4-5,15-16H,3,6-7H2,1H3. The van der Waals surface area contributed by atoms with Crippen molar-refractivity contribution in [2.75, 3.05) is 13.7 Å². The molecular formula is C12H14N2O4. The topological polar surface area (TPSA) is 88.6 Å². The molecule has 1 heterocycles. The molecule has 6 heteroatoms. The van der Waals surface area contributed by atoms with Crippen LogP contribution in [0.1, 0.15) is 12.2 Å². The van der Waals surface area contributed by atoms with Crippen molar-refractivity contribution < 1.29 is 19.5 Å². The van der Waals surface area contributed by atoms with Gasteiger partial charge >= 0.3 is 0 Å². The van der Waals surface area contributed by atoms with Crippen molar-refractivity contribution in [3.05, 3.63) is 24.0 Å². The largest absolute Gasteiger partial charge is 0.507 e. The lowest BCUT2D eigenvalue weighted by molar-refractivity contribution is 0.194. The second-order valence-corrected chi connectivity index (χ2v) is 3.78. The molecule has 0 aliphatic carbocycles. The van der Waals surface area contributed by atoms with Gasteiger partial charge in [-0.1, -0.05) is 11.2 Å². The van der Waals surface area contributed by atoms with E-state index in [0.717, 1.165) is 6.42 Å². The molecule has 0 aliphatic heterocycles. The molecule has 2 aromatic rings. The van der Waals surface area contributed by atoms with E-state index in [1.165, 1.54) is 18.2 Å². The number of phenols is 2. The average molecular weight is 250 g/mol. The van der Waals surface area contributed by atoms with Gasteiger partial charge in [0.25, 0.3) is 5.89 Å². The minimum Gasteiger partial charge on any atom is -0.507 e. The number of phenolic OH excluding ortho intramolecular Hbond substituents is 2. The zero-order valence-corrected chi connectivity index (χ0v) is 9.96. The molecule has 0 aliphatic rings. The number of benzene rings is 1. The number of aryl methyl sites for hydroxylation is 1. The molecule has 0 atom stereocenters. The average Bonchev–Trinajstić information content (AvgIpc) is 2.78. The van der Waals surface area contributed by atoms with Crippen LogP contribution in [0.3, 0.4) is 0 Å². The van der Waals surface area contributed by atoms with Crippen molar-refractivity contribution >= 4 is 0 Å². The van der Waals surface area contributed by atoms with Crippen molar-refractivity contribution in [3.8, 4) is 23.0 Å². The molecule has 0 unspecified atom stereocenters. The number of nitrogens with zero attached hydrogens (tertiary/aromatic N) is 2. The molecule has 18 heavy (non-hydrogen) atoms. The van der Waals surface area contributed by atoms with Gasteiger partial charge in [0.15, 0.2) is 5.82 Å². The third kappa shape index (κ3) is 2.60. The molecule has 0 saturated carbocycles. The summed E-state index contributed by atoms with van der Waals surface area (Å²) in [5.41, 5.74) is 0.156. The SMILES string of the molecule is COCCCc1noc(-c2c(O)cccc2O)n1. The second-order valence-electron chi connectivity index (χ2n) is 3.78. The van der Waals surface area contributed by atoms with E-state index in [4.69, 9.17) is 9.26 Å². The van der Waals surface area contributed by atoms with Gasteiger partial charge in [-0.25, -0.2) is 0 Å². The number of aromatic nitrogens is 2. The molecule has 0 spiro atoms. The van der Waals surface area contributed by atoms with E-state index in [0.29, 0.717) is 18.9 Å². The van der Waals surface area contributed by atoms with Crippen LogP contribution in [-0.4, -0.2) is 34.1 Å². The highest BCUT2D eigenvalue weighted by molar-refractivity contribution is 5.69. The number of hydrogen-bond donors (Lipinski definition) is 2. The Bertz CT molecular complexity index is 504. The minimum absolute atomic E-state index is 0.0953. The van der Waals surface area contributed by atoms with Crippen LogP contribution in [0.15, 0.2) is 22.7 Å². The van der Waals surface area contributed by atoms with Gasteiger partial charge in [0, 0.05) is 20.1 Å². The summed E-state index contributed by atoms with van der Waals surface area (Å²) in [7, 11) is 1.63. The molecule has 96 valence electrons. The van der Waals surface area contributed by atoms with E-state index in [9.17, 15) is 10.2 Å². The lowest BCUT2D eigenvalue weighted by Gasteiger charge is -2.00. The fourth-order valence-corrected chi connectivity index (χ4v) is 1.58. The summed E-state index contributed by atoms with van der Waals surface area (Å²) in [6, 6.07) is 4.43. The summed E-state index contributed by atoms with van der Waals surface area (Å²) in [4.78, 5) is 4.12. The van der Waals surface area contributed by atoms with Crippen LogP contribution in [0, 0.1) is 0 Å². The first kappa shape index (κ1) is 12.4. The number of methoxy groups -OCH3 is 1. The lowest BCUT2D eigenvalue weighted by Crippen LogP contribution is -1.94. The summed E-state index contributed by atoms with van der Waals surface area (Å²) in [5.74, 6) is 0.437. The predicted octanol–water partition coefficient (Wildman–Crippen LogP) is 1.73. The first-order chi connectivity index (χ1) is 8.72. The number of rotatable bonds is 5. The van der Waals surface area contributed by atoms with Crippen LogP contribution in [0.2, 0.25) is 0 Å². The van der Waals surface area contributed by atoms with Crippen LogP contribution in [0.5, 0.6) is 11.5 Å². The highest BCUT2D eigenvalue weighted by Gasteiger charge is 2.16. The first-order valence-corrected chi connectivity index (χ1v) is 5.55. The van der Waals surface area contributed by atoms with Gasteiger partial charge in [-0.3, -0.25) is 0 Å². The van der Waals surface area contributed by atoms with Crippen molar-refractivity contribution in [2.45, 2.75) is 12.8 Å². The van der Waals surface area contributed by atoms with Crippen molar-refractivity contribution in [2.24, 2.45) is 0 Å². The molecule has 0 radical (unpaired) electrons. The summed E-state index contributed by atoms with van der Waals surface area (Å²) in [6.45, 7) is 0.617. The fraction of sp³-hybridized carbons (Fsp3) is 0.333. The minimum atomic E-state index is -0.0953. The fourth-order valence-electron chi connectivity index (χ4n) is 1.58. The van der Waals surface area contributed by atoms with Crippen LogP contribution in [0.4, 0.5) is 0 Å². The van der Waals surface area contributed by atoms with E-state index in [1.807, 2.05) is 0 Å². The molecule has 0 bridgehead atoms. The van der Waals surface area contributed by atoms with Crippen LogP contribution >= 0.6 is 0 Å². The van der Waals surface area contributed by atoms with Crippen molar-refractivity contribution in [1.29, 1.82) is 0 Å². The maximum atomic E-state index is 9.66. The molecule has 2 rings (SSSR count). The highest BCUT2D eigenvalue weighted by Crippen LogP contribution is 2.35. The molecule has 6 nitrogen and oxygen atoms in total. The number of hydrogen-bond acceptors (Lipinski definition) is 6. The third-order valence-corrected chi connectivity index (χ3v) is 2.45. The van der Waals surface area contributed by atoms with Gasteiger partial charge in [-0.2, -0.15) is 4.98 Å². The maximum absolute atomic E-state index is 9.66. The number of ether oxygens (including phenoxy) is 1. The maximum Gasteiger partial charge on any atom is 0.265 e. The zero-order chi connectivity index (χ0) is 13.0. The molecule has 1 aromatic heterocycles. The first-order valence-electron chi connectivity index (χ1n) is 5.55. The van der Waals surface area contributed by atoms with Crippen molar-refractivity contribution in [3.63, 3.8) is 0 Å². The van der Waals surface area contributed by atoms with E-state index in [1.54, 1.807) is 7.11 Å². The van der Waals surface area contributed by atoms with E-state index in [2.05, 4.69) is 10.1 Å². The Labute approximate surface area is 104 Å². The van der Waals surface area contributed by atoms with Gasteiger partial charge in [0.1, 0.15) is 17.1 Å². The van der Waals surface area contributed by atoms with Gasteiger partial charge in [0.2, 0.25) is 0 Å². The lowest BCUT2D eigenvalue weighted by atomic mass is 10.2. The highest BCUT2D eigenvalue weighted by atomic mass is 16.5. The molecule has 0 amide bonds. The van der Waals surface area contributed by atoms with E-state index < -0.39 is 0 Å². The van der Waals surface area contributed by atoms with Gasteiger partial charge < -0.3 is 19.5 Å². The van der Waals surface area contributed by atoms with Gasteiger partial charge in [-0.15, -0.1) is 0 Å². The zero-order valence-electron chi connectivity index (χ0n) is 9.96. The summed E-state index contributed by atoms with van der Waals surface area (Å²) in [5, 5.41) is 23.1. The second kappa shape index (κ2) is 5.50. The van der Waals surface area contributed by atoms with Gasteiger partial charge in [-0.05, 0) is 18.6 Å². The predicted molar refractivity (Wildman–Crippen MR) is 63.3 cm³/mol. The summed E-state index contributed by atoms with van der Waals surface area (Å²) in [6.07, 6.45) is 1.40. The van der Waals surface area contributed by atoms with Crippen LogP contribution in [0.25, 0.3) is 11.5 Å². The quantitative estimate of drug-likeness (QED) is 0.785. The van der Waals surface area contributed by atoms with E-state index in [-0.39, 0.29) is 23.0 Å². The molecule has 2 N–H and O–H groups in total. The molecule has 1 aromatic carbocycles. The Kier molecular flexibility index (Phi) is 3.78. The third-order valence-electron chi connectivity index (χ3n) is 2.45. The summed E-state index contributed by atoms with van der Waals surface area (Å²) >= 11 is 0. The molecule has 0 fully saturated rings. The Hall–Kier alpha value is -2.08. The Morgan fingerprint density at radius 1 is 1.28 bits per heavy atom. The summed E-state index contributed by atoms with van der Waals surface area (Å²) < 4.78 is 9.95.